The molecule has 0 aromatic rings. The first kappa shape index (κ1) is 12.5. The number of ether oxygens (including phenoxy) is 1. The van der Waals surface area contributed by atoms with E-state index in [0.717, 1.165) is 6.42 Å². The SMILES string of the molecule is COC(=O)C1(O)CC(C)(C)CC(C)(C)C1. The molecule has 88 valence electrons. The van der Waals surface area contributed by atoms with Crippen LogP contribution in [-0.2, 0) is 9.53 Å². The van der Waals surface area contributed by atoms with Crippen LogP contribution in [0.4, 0.5) is 0 Å². The van der Waals surface area contributed by atoms with Crippen LogP contribution in [0.1, 0.15) is 47.0 Å². The van der Waals surface area contributed by atoms with Crippen LogP contribution in [0.2, 0.25) is 0 Å². The third-order valence-electron chi connectivity index (χ3n) is 3.06. The molecule has 1 N–H and O–H groups in total. The molecular formula is C12H22O3. The van der Waals surface area contributed by atoms with E-state index in [2.05, 4.69) is 27.7 Å². The fourth-order valence-electron chi connectivity index (χ4n) is 3.40. The molecule has 0 aromatic heterocycles. The van der Waals surface area contributed by atoms with Crippen LogP contribution in [0.15, 0.2) is 0 Å². The lowest BCUT2D eigenvalue weighted by Gasteiger charge is -2.47. The van der Waals surface area contributed by atoms with E-state index in [1.165, 1.54) is 7.11 Å². The molecule has 1 saturated carbocycles. The van der Waals surface area contributed by atoms with Gasteiger partial charge in [0.15, 0.2) is 5.60 Å². The molecule has 0 aliphatic heterocycles. The molecule has 3 heteroatoms. The highest BCUT2D eigenvalue weighted by Crippen LogP contribution is 2.50. The Hall–Kier alpha value is -0.570. The van der Waals surface area contributed by atoms with Gasteiger partial charge in [0.2, 0.25) is 0 Å². The molecule has 0 radical (unpaired) electrons. The number of hydrogen-bond acceptors (Lipinski definition) is 3. The number of carbonyl (C=O) groups is 1. The van der Waals surface area contributed by atoms with E-state index in [1.54, 1.807) is 0 Å². The van der Waals surface area contributed by atoms with Gasteiger partial charge in [-0.1, -0.05) is 27.7 Å². The zero-order chi connectivity index (χ0) is 11.9. The molecule has 0 saturated heterocycles. The van der Waals surface area contributed by atoms with Crippen LogP contribution >= 0.6 is 0 Å². The van der Waals surface area contributed by atoms with Crippen molar-refractivity contribution in [2.45, 2.75) is 52.6 Å². The van der Waals surface area contributed by atoms with E-state index in [4.69, 9.17) is 4.74 Å². The second-order valence-electron chi connectivity index (χ2n) is 6.38. The Morgan fingerprint density at radius 3 is 1.80 bits per heavy atom. The number of aliphatic hydroxyl groups is 1. The summed E-state index contributed by atoms with van der Waals surface area (Å²) in [4.78, 5) is 11.6. The van der Waals surface area contributed by atoms with Crippen molar-refractivity contribution in [3.05, 3.63) is 0 Å². The lowest BCUT2D eigenvalue weighted by molar-refractivity contribution is -0.177. The lowest BCUT2D eigenvalue weighted by atomic mass is 9.59. The number of methoxy groups -OCH3 is 1. The minimum Gasteiger partial charge on any atom is -0.467 e. The van der Waals surface area contributed by atoms with Crippen LogP contribution in [0, 0.1) is 10.8 Å². The molecule has 1 rings (SSSR count). The van der Waals surface area contributed by atoms with Gasteiger partial charge in [0.05, 0.1) is 7.11 Å². The van der Waals surface area contributed by atoms with Crippen molar-refractivity contribution in [3.63, 3.8) is 0 Å². The van der Waals surface area contributed by atoms with Gasteiger partial charge in [-0.25, -0.2) is 4.79 Å². The smallest absolute Gasteiger partial charge is 0.337 e. The van der Waals surface area contributed by atoms with Crippen LogP contribution in [0.3, 0.4) is 0 Å². The molecule has 3 nitrogen and oxygen atoms in total. The molecule has 1 fully saturated rings. The van der Waals surface area contributed by atoms with Gasteiger partial charge in [-0.15, -0.1) is 0 Å². The first-order chi connectivity index (χ1) is 6.60. The average Bonchev–Trinajstić information content (AvgIpc) is 1.95. The quantitative estimate of drug-likeness (QED) is 0.680. The van der Waals surface area contributed by atoms with Gasteiger partial charge in [-0.3, -0.25) is 0 Å². The molecule has 0 unspecified atom stereocenters. The summed E-state index contributed by atoms with van der Waals surface area (Å²) in [6.07, 6.45) is 1.98. The Kier molecular flexibility index (Phi) is 2.90. The Balaban J connectivity index is 2.97. The van der Waals surface area contributed by atoms with E-state index in [9.17, 15) is 9.90 Å². The predicted octanol–water partition coefficient (Wildman–Crippen LogP) is 2.13. The minimum absolute atomic E-state index is 0.0231. The van der Waals surface area contributed by atoms with E-state index in [-0.39, 0.29) is 10.8 Å². The zero-order valence-electron chi connectivity index (χ0n) is 10.4. The average molecular weight is 214 g/mol. The van der Waals surface area contributed by atoms with Crippen molar-refractivity contribution in [2.24, 2.45) is 10.8 Å². The largest absolute Gasteiger partial charge is 0.467 e. The normalized spacial score (nSPS) is 27.1. The molecule has 1 aliphatic rings. The van der Waals surface area contributed by atoms with E-state index >= 15 is 0 Å². The van der Waals surface area contributed by atoms with Gasteiger partial charge in [-0.05, 0) is 30.1 Å². The fraction of sp³-hybridized carbons (Fsp3) is 0.917. The summed E-state index contributed by atoms with van der Waals surface area (Å²) in [5.41, 5.74) is -1.35. The topological polar surface area (TPSA) is 46.5 Å². The Bertz CT molecular complexity index is 250. The fourth-order valence-corrected chi connectivity index (χ4v) is 3.40. The van der Waals surface area contributed by atoms with Crippen molar-refractivity contribution in [2.75, 3.05) is 7.11 Å². The molecular weight excluding hydrogens is 192 g/mol. The van der Waals surface area contributed by atoms with Gasteiger partial charge in [0, 0.05) is 0 Å². The number of esters is 1. The van der Waals surface area contributed by atoms with Gasteiger partial charge in [-0.2, -0.15) is 0 Å². The summed E-state index contributed by atoms with van der Waals surface area (Å²) in [5, 5.41) is 10.3. The van der Waals surface area contributed by atoms with Gasteiger partial charge in [0.1, 0.15) is 0 Å². The Morgan fingerprint density at radius 2 is 1.47 bits per heavy atom. The summed E-state index contributed by atoms with van der Waals surface area (Å²) in [5.74, 6) is -0.497. The number of carbonyl (C=O) groups excluding carboxylic acids is 1. The second kappa shape index (κ2) is 3.48. The summed E-state index contributed by atoms with van der Waals surface area (Å²) in [6.45, 7) is 8.34. The maximum Gasteiger partial charge on any atom is 0.337 e. The van der Waals surface area contributed by atoms with Gasteiger partial charge in [0.25, 0.3) is 0 Å². The van der Waals surface area contributed by atoms with Crippen molar-refractivity contribution >= 4 is 5.97 Å². The first-order valence-corrected chi connectivity index (χ1v) is 5.41. The van der Waals surface area contributed by atoms with E-state index in [1.807, 2.05) is 0 Å². The molecule has 0 bridgehead atoms. The van der Waals surface area contributed by atoms with Crippen LogP contribution in [-0.4, -0.2) is 23.8 Å². The standard InChI is InChI=1S/C12H22O3/c1-10(2)6-11(3,4)8-12(14,7-10)9(13)15-5/h14H,6-8H2,1-5H3. The van der Waals surface area contributed by atoms with Crippen molar-refractivity contribution in [1.29, 1.82) is 0 Å². The number of rotatable bonds is 1. The second-order valence-corrected chi connectivity index (χ2v) is 6.38. The molecule has 0 amide bonds. The van der Waals surface area contributed by atoms with Crippen LogP contribution < -0.4 is 0 Å². The van der Waals surface area contributed by atoms with E-state index < -0.39 is 11.6 Å². The summed E-state index contributed by atoms with van der Waals surface area (Å²) < 4.78 is 4.69. The first-order valence-electron chi connectivity index (χ1n) is 5.41. The molecule has 0 heterocycles. The highest BCUT2D eigenvalue weighted by Gasteiger charge is 2.51. The predicted molar refractivity (Wildman–Crippen MR) is 58.4 cm³/mol. The highest BCUT2D eigenvalue weighted by molar-refractivity contribution is 5.79. The summed E-state index contributed by atoms with van der Waals surface area (Å²) >= 11 is 0. The van der Waals surface area contributed by atoms with Crippen molar-refractivity contribution in [3.8, 4) is 0 Å². The molecule has 1 aliphatic carbocycles. The third kappa shape index (κ3) is 2.71. The molecule has 0 aromatic carbocycles. The summed E-state index contributed by atoms with van der Waals surface area (Å²) in [6, 6.07) is 0. The van der Waals surface area contributed by atoms with Crippen LogP contribution in [0.5, 0.6) is 0 Å². The van der Waals surface area contributed by atoms with Crippen molar-refractivity contribution in [1.82, 2.24) is 0 Å². The zero-order valence-corrected chi connectivity index (χ0v) is 10.4. The Labute approximate surface area is 91.8 Å². The molecule has 15 heavy (non-hydrogen) atoms. The molecule has 0 atom stereocenters. The maximum absolute atomic E-state index is 11.6. The highest BCUT2D eigenvalue weighted by atomic mass is 16.5. The number of hydrogen-bond donors (Lipinski definition) is 1. The van der Waals surface area contributed by atoms with Crippen LogP contribution in [0.25, 0.3) is 0 Å². The monoisotopic (exact) mass is 214 g/mol. The maximum atomic E-state index is 11.6. The van der Waals surface area contributed by atoms with Crippen molar-refractivity contribution < 1.29 is 14.6 Å². The van der Waals surface area contributed by atoms with Gasteiger partial charge < -0.3 is 9.84 Å². The molecule has 0 spiro atoms. The van der Waals surface area contributed by atoms with E-state index in [0.29, 0.717) is 12.8 Å². The Morgan fingerprint density at radius 1 is 1.07 bits per heavy atom. The summed E-state index contributed by atoms with van der Waals surface area (Å²) in [7, 11) is 1.33. The minimum atomic E-state index is -1.31. The lowest BCUT2D eigenvalue weighted by Crippen LogP contribution is -2.51. The van der Waals surface area contributed by atoms with Gasteiger partial charge >= 0.3 is 5.97 Å². The third-order valence-corrected chi connectivity index (χ3v) is 3.06.